The Kier molecular flexibility index (Phi) is 7.83. The molecule has 0 saturated heterocycles. The maximum Gasteiger partial charge on any atom is 0.227 e. The van der Waals surface area contributed by atoms with Gasteiger partial charge in [0.1, 0.15) is 21.5 Å². The van der Waals surface area contributed by atoms with Crippen molar-refractivity contribution in [3.8, 4) is 34.3 Å². The highest BCUT2D eigenvalue weighted by Crippen LogP contribution is 2.33. The Morgan fingerprint density at radius 3 is 2.26 bits per heavy atom. The second kappa shape index (κ2) is 10.8. The van der Waals surface area contributed by atoms with E-state index in [1.165, 1.54) is 5.56 Å². The van der Waals surface area contributed by atoms with Gasteiger partial charge in [0.2, 0.25) is 5.89 Å². The molecule has 0 N–H and O–H groups in total. The van der Waals surface area contributed by atoms with Crippen LogP contribution < -0.4 is 9.47 Å². The summed E-state index contributed by atoms with van der Waals surface area (Å²) < 4.78 is 17.0. The number of carbonyl (C=O) groups is 1. The first-order valence-electron chi connectivity index (χ1n) is 9.51. The monoisotopic (exact) mass is 527 g/mol. The number of benzene rings is 3. The molecular formula is C25H22INO4. The lowest BCUT2D eigenvalue weighted by molar-refractivity contribution is 0.112. The third-order valence-electron chi connectivity index (χ3n) is 4.52. The third-order valence-corrected chi connectivity index (χ3v) is 5.25. The summed E-state index contributed by atoms with van der Waals surface area (Å²) in [6, 6.07) is 22.9. The van der Waals surface area contributed by atoms with Gasteiger partial charge in [0.25, 0.3) is 0 Å². The summed E-state index contributed by atoms with van der Waals surface area (Å²) >= 11 is 2.21. The number of aryl methyl sites for hydroxylation is 1. The minimum absolute atomic E-state index is 0.608. The topological polar surface area (TPSA) is 61.6 Å². The average Bonchev–Trinajstić information content (AvgIpc) is 3.21. The van der Waals surface area contributed by atoms with Crippen LogP contribution in [-0.4, -0.2) is 25.5 Å². The second-order valence-electron chi connectivity index (χ2n) is 6.58. The fourth-order valence-electron chi connectivity index (χ4n) is 2.89. The normalized spacial score (nSPS) is 10.1. The number of carbonyl (C=O) groups excluding carboxylic acids is 1. The highest BCUT2D eigenvalue weighted by Gasteiger charge is 2.16. The van der Waals surface area contributed by atoms with Crippen molar-refractivity contribution < 1.29 is 18.7 Å². The number of nitrogens with zero attached hydrogens (tertiary/aromatic N) is 1. The van der Waals surface area contributed by atoms with Crippen molar-refractivity contribution in [3.05, 3.63) is 87.6 Å². The first-order chi connectivity index (χ1) is 15.0. The lowest BCUT2D eigenvalue weighted by Gasteiger charge is -2.02. The van der Waals surface area contributed by atoms with Crippen LogP contribution in [0.15, 0.2) is 77.2 Å². The lowest BCUT2D eigenvalue weighted by atomic mass is 10.1. The fraction of sp³-hybridized carbons (Fsp3) is 0.120. The Hall–Kier alpha value is -3.13. The van der Waals surface area contributed by atoms with Gasteiger partial charge in [-0.25, -0.2) is 4.98 Å². The van der Waals surface area contributed by atoms with Gasteiger partial charge in [0.15, 0.2) is 5.76 Å². The molecule has 0 aliphatic carbocycles. The summed E-state index contributed by atoms with van der Waals surface area (Å²) in [6.07, 6.45) is 0.794. The summed E-state index contributed by atoms with van der Waals surface area (Å²) in [5.74, 6) is 2.92. The second-order valence-corrected chi connectivity index (χ2v) is 7.60. The van der Waals surface area contributed by atoms with Crippen molar-refractivity contribution >= 4 is 28.9 Å². The van der Waals surface area contributed by atoms with Crippen molar-refractivity contribution in [1.82, 2.24) is 4.98 Å². The maximum atomic E-state index is 10.2. The molecule has 0 aliphatic rings. The molecule has 4 aromatic rings. The van der Waals surface area contributed by atoms with Gasteiger partial charge in [-0.3, -0.25) is 4.79 Å². The first-order valence-corrected chi connectivity index (χ1v) is 10.6. The molecule has 3 aromatic carbocycles. The molecule has 31 heavy (non-hydrogen) atoms. The van der Waals surface area contributed by atoms with Crippen LogP contribution in [0.2, 0.25) is 0 Å². The molecule has 0 atom stereocenters. The zero-order valence-electron chi connectivity index (χ0n) is 17.5. The Bertz CT molecular complexity index is 1170. The van der Waals surface area contributed by atoms with Gasteiger partial charge in [0, 0.05) is 16.7 Å². The number of rotatable bonds is 5. The molecule has 0 fully saturated rings. The number of hydrogen-bond acceptors (Lipinski definition) is 5. The summed E-state index contributed by atoms with van der Waals surface area (Å²) in [4.78, 5) is 14.8. The van der Waals surface area contributed by atoms with Crippen molar-refractivity contribution in [2.45, 2.75) is 6.92 Å². The molecule has 0 unspecified atom stereocenters. The molecule has 0 radical (unpaired) electrons. The van der Waals surface area contributed by atoms with E-state index < -0.39 is 0 Å². The predicted molar refractivity (Wildman–Crippen MR) is 130 cm³/mol. The number of hydrogen-bond donors (Lipinski definition) is 0. The van der Waals surface area contributed by atoms with Crippen molar-refractivity contribution in [1.29, 1.82) is 0 Å². The van der Waals surface area contributed by atoms with E-state index in [9.17, 15) is 4.79 Å². The highest BCUT2D eigenvalue weighted by atomic mass is 127. The van der Waals surface area contributed by atoms with Crippen LogP contribution in [0.4, 0.5) is 0 Å². The third kappa shape index (κ3) is 5.73. The van der Waals surface area contributed by atoms with Crippen LogP contribution in [0, 0.1) is 10.6 Å². The minimum Gasteiger partial charge on any atom is -0.497 e. The number of ether oxygens (including phenoxy) is 2. The van der Waals surface area contributed by atoms with Crippen molar-refractivity contribution in [2.75, 3.05) is 14.2 Å². The van der Waals surface area contributed by atoms with E-state index in [0.29, 0.717) is 17.2 Å². The van der Waals surface area contributed by atoms with Gasteiger partial charge in [-0.2, -0.15) is 0 Å². The van der Waals surface area contributed by atoms with Gasteiger partial charge in [-0.05, 0) is 65.4 Å². The van der Waals surface area contributed by atoms with Crippen LogP contribution in [0.5, 0.6) is 11.5 Å². The van der Waals surface area contributed by atoms with Gasteiger partial charge in [-0.15, -0.1) is 0 Å². The van der Waals surface area contributed by atoms with Gasteiger partial charge in [0.05, 0.1) is 14.2 Å². The molecule has 0 bridgehead atoms. The van der Waals surface area contributed by atoms with E-state index in [-0.39, 0.29) is 0 Å². The lowest BCUT2D eigenvalue weighted by Crippen LogP contribution is -1.84. The fourth-order valence-corrected chi connectivity index (χ4v) is 3.51. The molecule has 0 saturated carbocycles. The smallest absolute Gasteiger partial charge is 0.227 e. The number of aldehydes is 1. The Morgan fingerprint density at radius 1 is 0.903 bits per heavy atom. The number of halogens is 1. The summed E-state index contributed by atoms with van der Waals surface area (Å²) in [5.41, 5.74) is 3.79. The zero-order valence-corrected chi connectivity index (χ0v) is 19.6. The average molecular weight is 527 g/mol. The van der Waals surface area contributed by atoms with Crippen LogP contribution in [0.1, 0.15) is 15.9 Å². The number of oxazole rings is 1. The number of methoxy groups -OCH3 is 2. The molecule has 158 valence electrons. The van der Waals surface area contributed by atoms with E-state index in [2.05, 4.69) is 40.6 Å². The minimum atomic E-state index is 0.608. The van der Waals surface area contributed by atoms with Crippen LogP contribution in [-0.2, 0) is 0 Å². The van der Waals surface area contributed by atoms with Crippen molar-refractivity contribution in [2.24, 2.45) is 0 Å². The molecule has 4 rings (SSSR count). The predicted octanol–water partition coefficient (Wildman–Crippen LogP) is 6.44. The molecule has 1 heterocycles. The van der Waals surface area contributed by atoms with Gasteiger partial charge in [-0.1, -0.05) is 42.5 Å². The Balaban J connectivity index is 0.000000229. The Labute approximate surface area is 195 Å². The molecule has 0 amide bonds. The summed E-state index contributed by atoms with van der Waals surface area (Å²) in [7, 11) is 3.22. The van der Waals surface area contributed by atoms with Gasteiger partial charge < -0.3 is 13.9 Å². The largest absolute Gasteiger partial charge is 0.497 e. The summed E-state index contributed by atoms with van der Waals surface area (Å²) in [5, 5.41) is 0. The van der Waals surface area contributed by atoms with Crippen LogP contribution >= 0.6 is 22.6 Å². The first kappa shape index (κ1) is 22.6. The molecule has 0 aliphatic heterocycles. The number of aromatic nitrogens is 1. The molecule has 5 nitrogen and oxygen atoms in total. The molecule has 6 heteroatoms. The molecule has 0 spiro atoms. The standard InChI is InChI=1S/C17H14INO2.C8H8O2/c1-11-6-3-4-9-14(11)15-16(18)19-17(21-15)12-7-5-8-13(10-12)20-2;1-10-8-4-2-3-7(5-8)6-9/h3-10H,1-2H3;2-6H,1H3. The Morgan fingerprint density at radius 2 is 1.58 bits per heavy atom. The molecular weight excluding hydrogens is 505 g/mol. The van der Waals surface area contributed by atoms with E-state index in [4.69, 9.17) is 13.9 Å². The van der Waals surface area contributed by atoms with Crippen LogP contribution in [0.3, 0.4) is 0 Å². The van der Waals surface area contributed by atoms with E-state index in [1.54, 1.807) is 38.5 Å². The summed E-state index contributed by atoms with van der Waals surface area (Å²) in [6.45, 7) is 2.07. The maximum absolute atomic E-state index is 10.2. The SMILES string of the molecule is COc1cccc(-c2nc(I)c(-c3ccccc3C)o2)c1.COc1cccc(C=O)c1. The zero-order chi connectivity index (χ0) is 22.2. The van der Waals surface area contributed by atoms with E-state index in [0.717, 1.165) is 32.6 Å². The van der Waals surface area contributed by atoms with Crippen molar-refractivity contribution in [3.63, 3.8) is 0 Å². The van der Waals surface area contributed by atoms with E-state index >= 15 is 0 Å². The highest BCUT2D eigenvalue weighted by molar-refractivity contribution is 14.1. The van der Waals surface area contributed by atoms with Gasteiger partial charge >= 0.3 is 0 Å². The van der Waals surface area contributed by atoms with E-state index in [1.807, 2.05) is 42.5 Å². The van der Waals surface area contributed by atoms with Crippen LogP contribution in [0.25, 0.3) is 22.8 Å². The molecule has 1 aromatic heterocycles. The quantitative estimate of drug-likeness (QED) is 0.221.